The van der Waals surface area contributed by atoms with E-state index >= 15 is 0 Å². The molecule has 0 atom stereocenters. The molecule has 0 aliphatic carbocycles. The Hall–Kier alpha value is -3.97. The van der Waals surface area contributed by atoms with Gasteiger partial charge in [0.2, 0.25) is 0 Å². The van der Waals surface area contributed by atoms with E-state index in [-0.39, 0.29) is 15.5 Å². The molecule has 1 heterocycles. The maximum Gasteiger partial charge on any atom is 0.573 e. The summed E-state index contributed by atoms with van der Waals surface area (Å²) in [7, 11) is -4.01. The predicted molar refractivity (Wildman–Crippen MR) is 126 cm³/mol. The van der Waals surface area contributed by atoms with Crippen LogP contribution in [0.25, 0.3) is 6.08 Å². The lowest BCUT2D eigenvalue weighted by molar-refractivity contribution is -0.274. The van der Waals surface area contributed by atoms with Gasteiger partial charge in [-0.15, -0.1) is 13.2 Å². The van der Waals surface area contributed by atoms with E-state index < -0.39 is 33.3 Å². The molecule has 0 aromatic heterocycles. The second kappa shape index (κ2) is 9.95. The zero-order chi connectivity index (χ0) is 25.9. The lowest BCUT2D eigenvalue weighted by Crippen LogP contribution is -2.17. The van der Waals surface area contributed by atoms with Crippen LogP contribution in [-0.4, -0.2) is 25.9 Å². The van der Waals surface area contributed by atoms with Crippen molar-refractivity contribution in [3.05, 3.63) is 83.3 Å². The van der Waals surface area contributed by atoms with Gasteiger partial charge in [0.25, 0.3) is 21.2 Å². The molecular weight excluding hydrogens is 521 g/mol. The summed E-state index contributed by atoms with van der Waals surface area (Å²) in [6.07, 6.45) is -3.28. The number of carbonyl (C=O) groups is 2. The molecule has 3 aromatic carbocycles. The summed E-state index contributed by atoms with van der Waals surface area (Å²) < 4.78 is 73.7. The minimum atomic E-state index is -4.85. The molecule has 0 bridgehead atoms. The molecule has 36 heavy (non-hydrogen) atoms. The first-order valence-corrected chi connectivity index (χ1v) is 12.3. The molecule has 0 unspecified atom stereocenters. The topological polar surface area (TPSA) is 111 Å². The van der Waals surface area contributed by atoms with Crippen molar-refractivity contribution in [2.24, 2.45) is 0 Å². The Balaban J connectivity index is 1.38. The van der Waals surface area contributed by atoms with Crippen molar-refractivity contribution < 1.29 is 40.7 Å². The summed E-state index contributed by atoms with van der Waals surface area (Å²) in [6.45, 7) is 0. The van der Waals surface area contributed by atoms with Crippen molar-refractivity contribution >= 4 is 44.7 Å². The van der Waals surface area contributed by atoms with E-state index in [2.05, 4.69) is 14.8 Å². The molecule has 2 amide bonds. The number of sulfonamides is 1. The Morgan fingerprint density at radius 3 is 1.92 bits per heavy atom. The molecule has 13 heteroatoms. The van der Waals surface area contributed by atoms with Crippen molar-refractivity contribution in [1.82, 2.24) is 5.32 Å². The van der Waals surface area contributed by atoms with Gasteiger partial charge >= 0.3 is 6.36 Å². The Morgan fingerprint density at radius 2 is 1.39 bits per heavy atom. The van der Waals surface area contributed by atoms with Crippen molar-refractivity contribution in [2.45, 2.75) is 11.3 Å². The number of nitrogens with one attached hydrogen (secondary N) is 2. The maximum absolute atomic E-state index is 12.6. The summed E-state index contributed by atoms with van der Waals surface area (Å²) >= 11 is 0.811. The van der Waals surface area contributed by atoms with Crippen LogP contribution in [0.2, 0.25) is 0 Å². The van der Waals surface area contributed by atoms with Crippen LogP contribution in [0.15, 0.2) is 82.6 Å². The normalized spacial score (nSPS) is 15.0. The third kappa shape index (κ3) is 6.58. The summed E-state index contributed by atoms with van der Waals surface area (Å²) in [5, 5.41) is 1.74. The van der Waals surface area contributed by atoms with Crippen LogP contribution in [0.1, 0.15) is 5.56 Å². The molecule has 0 saturated carbocycles. The van der Waals surface area contributed by atoms with Crippen LogP contribution >= 0.6 is 11.8 Å². The first-order chi connectivity index (χ1) is 17.0. The van der Waals surface area contributed by atoms with E-state index in [0.29, 0.717) is 17.1 Å². The lowest BCUT2D eigenvalue weighted by Gasteiger charge is -2.11. The van der Waals surface area contributed by atoms with Crippen LogP contribution in [0.4, 0.5) is 23.7 Å². The summed E-state index contributed by atoms with van der Waals surface area (Å²) in [5.41, 5.74) is 0.734. The van der Waals surface area contributed by atoms with Gasteiger partial charge in [0, 0.05) is 5.69 Å². The monoisotopic (exact) mass is 536 g/mol. The number of ether oxygens (including phenoxy) is 2. The number of alkyl halides is 3. The number of rotatable bonds is 7. The van der Waals surface area contributed by atoms with Crippen LogP contribution in [0.5, 0.6) is 17.2 Å². The zero-order valence-electron chi connectivity index (χ0n) is 17.9. The van der Waals surface area contributed by atoms with Gasteiger partial charge < -0.3 is 9.47 Å². The SMILES string of the molecule is O=C1NC(=O)C(=Cc2ccc(Oc3ccc(S(=O)(=O)Nc4ccc(OC(F)(F)F)cc4)cc3)cc2)S1. The third-order valence-corrected chi connectivity index (χ3v) is 6.74. The van der Waals surface area contributed by atoms with Gasteiger partial charge in [-0.05, 0) is 84.1 Å². The highest BCUT2D eigenvalue weighted by atomic mass is 32.2. The molecule has 1 fully saturated rings. The number of carbonyl (C=O) groups excluding carboxylic acids is 2. The number of imide groups is 1. The van der Waals surface area contributed by atoms with E-state index in [0.717, 1.165) is 36.0 Å². The number of benzene rings is 3. The number of halogens is 3. The third-order valence-electron chi connectivity index (χ3n) is 4.53. The molecule has 1 aliphatic rings. The average Bonchev–Trinajstić information content (AvgIpc) is 3.12. The molecule has 186 valence electrons. The van der Waals surface area contributed by atoms with Crippen LogP contribution < -0.4 is 19.5 Å². The molecule has 8 nitrogen and oxygen atoms in total. The smallest absolute Gasteiger partial charge is 0.457 e. The first kappa shape index (κ1) is 25.1. The van der Waals surface area contributed by atoms with E-state index in [4.69, 9.17) is 4.74 Å². The highest BCUT2D eigenvalue weighted by molar-refractivity contribution is 8.18. The molecule has 2 N–H and O–H groups in total. The van der Waals surface area contributed by atoms with Crippen molar-refractivity contribution in [3.8, 4) is 17.2 Å². The fraction of sp³-hybridized carbons (Fsp3) is 0.0435. The lowest BCUT2D eigenvalue weighted by atomic mass is 10.2. The number of amides is 2. The molecular formula is C23H15F3N2O6S2. The van der Waals surface area contributed by atoms with E-state index in [9.17, 15) is 31.2 Å². The molecule has 1 aliphatic heterocycles. The molecule has 3 aromatic rings. The number of anilines is 1. The highest BCUT2D eigenvalue weighted by Crippen LogP contribution is 2.28. The Labute approximate surface area is 207 Å². The minimum absolute atomic E-state index is 0.0535. The standard InChI is InChI=1S/C23H15F3N2O6S2/c24-23(25,26)34-18-7-3-15(4-8-18)28-36(31,32)19-11-9-17(10-12-19)33-16-5-1-14(2-6-16)13-20-21(29)27-22(30)35-20/h1-13,28H,(H,27,29,30). The summed E-state index contributed by atoms with van der Waals surface area (Å²) in [6, 6.07) is 16.4. The quantitative estimate of drug-likeness (QED) is 0.384. The van der Waals surface area contributed by atoms with E-state index in [1.807, 2.05) is 0 Å². The fourth-order valence-corrected chi connectivity index (χ4v) is 4.71. The average molecular weight is 537 g/mol. The molecule has 4 rings (SSSR count). The van der Waals surface area contributed by atoms with Crippen molar-refractivity contribution in [1.29, 1.82) is 0 Å². The van der Waals surface area contributed by atoms with Crippen molar-refractivity contribution in [2.75, 3.05) is 4.72 Å². The molecule has 1 saturated heterocycles. The van der Waals surface area contributed by atoms with Crippen LogP contribution in [-0.2, 0) is 14.8 Å². The van der Waals surface area contributed by atoms with Gasteiger partial charge in [-0.2, -0.15) is 0 Å². The highest BCUT2D eigenvalue weighted by Gasteiger charge is 2.31. The Kier molecular flexibility index (Phi) is 6.95. The second-order valence-electron chi connectivity index (χ2n) is 7.17. The number of thioether (sulfide) groups is 1. The first-order valence-electron chi connectivity index (χ1n) is 9.98. The van der Waals surface area contributed by atoms with Gasteiger partial charge in [-0.25, -0.2) is 8.42 Å². The Morgan fingerprint density at radius 1 is 0.833 bits per heavy atom. The van der Waals surface area contributed by atoms with Crippen LogP contribution in [0, 0.1) is 0 Å². The van der Waals surface area contributed by atoms with E-state index in [1.165, 1.54) is 24.3 Å². The minimum Gasteiger partial charge on any atom is -0.457 e. The maximum atomic E-state index is 12.6. The molecule has 0 radical (unpaired) electrons. The Bertz CT molecular complexity index is 1420. The van der Waals surface area contributed by atoms with Gasteiger partial charge in [0.05, 0.1) is 9.80 Å². The predicted octanol–water partition coefficient (Wildman–Crippen LogP) is 5.50. The second-order valence-corrected chi connectivity index (χ2v) is 9.87. The number of hydrogen-bond acceptors (Lipinski definition) is 7. The summed E-state index contributed by atoms with van der Waals surface area (Å²) in [5.74, 6) is -0.131. The molecule has 0 spiro atoms. The van der Waals surface area contributed by atoms with E-state index in [1.54, 1.807) is 30.3 Å². The largest absolute Gasteiger partial charge is 0.573 e. The van der Waals surface area contributed by atoms with Gasteiger partial charge in [0.15, 0.2) is 0 Å². The van der Waals surface area contributed by atoms with Gasteiger partial charge in [-0.1, -0.05) is 12.1 Å². The van der Waals surface area contributed by atoms with Gasteiger partial charge in [-0.3, -0.25) is 19.6 Å². The zero-order valence-corrected chi connectivity index (χ0v) is 19.5. The van der Waals surface area contributed by atoms with Crippen LogP contribution in [0.3, 0.4) is 0 Å². The van der Waals surface area contributed by atoms with Crippen molar-refractivity contribution in [3.63, 3.8) is 0 Å². The fourth-order valence-electron chi connectivity index (χ4n) is 2.97. The number of hydrogen-bond donors (Lipinski definition) is 2. The summed E-state index contributed by atoms with van der Waals surface area (Å²) in [4.78, 5) is 23.0. The van der Waals surface area contributed by atoms with Gasteiger partial charge in [0.1, 0.15) is 17.2 Å².